The molecule has 0 N–H and O–H groups in total. The second kappa shape index (κ2) is 6.50. The van der Waals surface area contributed by atoms with Gasteiger partial charge in [0.05, 0.1) is 24.1 Å². The minimum Gasteiger partial charge on any atom is -0.468 e. The van der Waals surface area contributed by atoms with Crippen molar-refractivity contribution in [3.63, 3.8) is 0 Å². The minimum absolute atomic E-state index is 0.224. The third-order valence-corrected chi connectivity index (χ3v) is 4.55. The molecular weight excluding hydrogens is 366 g/mol. The number of carbonyl (C=O) groups is 1. The maximum absolute atomic E-state index is 11.3. The lowest BCUT2D eigenvalue weighted by molar-refractivity contribution is -0.137. The Morgan fingerprint density at radius 1 is 1.36 bits per heavy atom. The molecule has 7 heteroatoms. The number of benzene rings is 1. The fraction of sp³-hybridized carbons (Fsp3) is 0.133. The van der Waals surface area contributed by atoms with Gasteiger partial charge < -0.3 is 4.74 Å². The first-order valence-corrected chi connectivity index (χ1v) is 8.25. The van der Waals surface area contributed by atoms with E-state index in [1.165, 1.54) is 18.9 Å². The molecule has 0 aliphatic rings. The maximum atomic E-state index is 11.3. The van der Waals surface area contributed by atoms with Gasteiger partial charge in [0, 0.05) is 22.4 Å². The van der Waals surface area contributed by atoms with Crippen molar-refractivity contribution < 1.29 is 9.53 Å². The summed E-state index contributed by atoms with van der Waals surface area (Å²) in [5, 5.41) is 5.31. The molecule has 3 rings (SSSR count). The number of hydrogen-bond acceptors (Lipinski definition) is 5. The standard InChI is InChI=1S/C15H12BrN3O2S/c1-21-14(20)9-22-15-13-8-12(18-19(13)7-6-17-15)10-2-4-11(16)5-3-10/h2-8H,9H2,1H3. The van der Waals surface area contributed by atoms with Crippen molar-refractivity contribution in [3.8, 4) is 11.3 Å². The first kappa shape index (κ1) is 15.1. The quantitative estimate of drug-likeness (QED) is 0.514. The van der Waals surface area contributed by atoms with Gasteiger partial charge in [0.2, 0.25) is 0 Å². The Kier molecular flexibility index (Phi) is 4.44. The molecule has 0 saturated carbocycles. The Bertz CT molecular complexity index is 817. The van der Waals surface area contributed by atoms with Crippen LogP contribution in [0.25, 0.3) is 16.8 Å². The number of nitrogens with zero attached hydrogens (tertiary/aromatic N) is 3. The molecule has 0 saturated heterocycles. The molecule has 22 heavy (non-hydrogen) atoms. The number of carbonyl (C=O) groups excluding carboxylic acids is 1. The van der Waals surface area contributed by atoms with Gasteiger partial charge in [-0.2, -0.15) is 5.10 Å². The van der Waals surface area contributed by atoms with Gasteiger partial charge in [-0.15, -0.1) is 0 Å². The van der Waals surface area contributed by atoms with E-state index in [1.807, 2.05) is 30.3 Å². The van der Waals surface area contributed by atoms with E-state index in [9.17, 15) is 4.79 Å². The van der Waals surface area contributed by atoms with E-state index < -0.39 is 0 Å². The van der Waals surface area contributed by atoms with E-state index in [-0.39, 0.29) is 11.7 Å². The van der Waals surface area contributed by atoms with Crippen LogP contribution in [0.15, 0.2) is 52.2 Å². The summed E-state index contributed by atoms with van der Waals surface area (Å²) in [6.45, 7) is 0. The number of methoxy groups -OCH3 is 1. The van der Waals surface area contributed by atoms with Crippen molar-refractivity contribution in [3.05, 3.63) is 47.2 Å². The number of aromatic nitrogens is 3. The van der Waals surface area contributed by atoms with E-state index in [4.69, 9.17) is 0 Å². The summed E-state index contributed by atoms with van der Waals surface area (Å²) in [5.74, 6) is -0.0523. The molecule has 0 aliphatic heterocycles. The lowest BCUT2D eigenvalue weighted by Gasteiger charge is -2.01. The van der Waals surface area contributed by atoms with Crippen LogP contribution in [-0.2, 0) is 9.53 Å². The number of ether oxygens (including phenoxy) is 1. The summed E-state index contributed by atoms with van der Waals surface area (Å²) in [6, 6.07) is 9.92. The van der Waals surface area contributed by atoms with Gasteiger partial charge in [0.15, 0.2) is 0 Å². The zero-order valence-electron chi connectivity index (χ0n) is 11.7. The Morgan fingerprint density at radius 2 is 2.14 bits per heavy atom. The van der Waals surface area contributed by atoms with Crippen LogP contribution in [0.4, 0.5) is 0 Å². The van der Waals surface area contributed by atoms with E-state index in [0.29, 0.717) is 0 Å². The van der Waals surface area contributed by atoms with Crippen LogP contribution in [0.5, 0.6) is 0 Å². The fourth-order valence-electron chi connectivity index (χ4n) is 1.96. The van der Waals surface area contributed by atoms with Crippen LogP contribution < -0.4 is 0 Å². The van der Waals surface area contributed by atoms with Crippen LogP contribution in [-0.4, -0.2) is 33.4 Å². The molecule has 2 heterocycles. The highest BCUT2D eigenvalue weighted by Gasteiger charge is 2.11. The van der Waals surface area contributed by atoms with Crippen molar-refractivity contribution in [2.45, 2.75) is 5.03 Å². The predicted molar refractivity (Wildman–Crippen MR) is 88.9 cm³/mol. The molecule has 0 fully saturated rings. The highest BCUT2D eigenvalue weighted by Crippen LogP contribution is 2.26. The number of halogens is 1. The molecule has 0 radical (unpaired) electrons. The Morgan fingerprint density at radius 3 is 2.86 bits per heavy atom. The predicted octanol–water partition coefficient (Wildman–Crippen LogP) is 3.42. The molecule has 3 aromatic rings. The molecule has 0 amide bonds. The zero-order valence-corrected chi connectivity index (χ0v) is 14.1. The summed E-state index contributed by atoms with van der Waals surface area (Å²) in [5.41, 5.74) is 2.76. The van der Waals surface area contributed by atoms with Gasteiger partial charge in [0.25, 0.3) is 0 Å². The van der Waals surface area contributed by atoms with Crippen molar-refractivity contribution in [1.29, 1.82) is 0 Å². The van der Waals surface area contributed by atoms with Gasteiger partial charge in [-0.25, -0.2) is 9.50 Å². The Labute approximate surface area is 139 Å². The van der Waals surface area contributed by atoms with Crippen LogP contribution in [0, 0.1) is 0 Å². The van der Waals surface area contributed by atoms with E-state index in [1.54, 1.807) is 16.9 Å². The maximum Gasteiger partial charge on any atom is 0.316 e. The third-order valence-electron chi connectivity index (χ3n) is 3.05. The average Bonchev–Trinajstić information content (AvgIpc) is 2.97. The van der Waals surface area contributed by atoms with Gasteiger partial charge in [-0.3, -0.25) is 4.79 Å². The molecule has 0 aliphatic carbocycles. The highest BCUT2D eigenvalue weighted by molar-refractivity contribution is 9.10. The van der Waals surface area contributed by atoms with Gasteiger partial charge in [-0.1, -0.05) is 39.8 Å². The monoisotopic (exact) mass is 377 g/mol. The molecule has 1 aromatic carbocycles. The second-order valence-corrected chi connectivity index (χ2v) is 6.34. The van der Waals surface area contributed by atoms with Gasteiger partial charge in [-0.05, 0) is 18.2 Å². The number of esters is 1. The van der Waals surface area contributed by atoms with E-state index >= 15 is 0 Å². The van der Waals surface area contributed by atoms with Gasteiger partial charge >= 0.3 is 5.97 Å². The molecular formula is C15H12BrN3O2S. The Balaban J connectivity index is 1.95. The zero-order chi connectivity index (χ0) is 15.5. The van der Waals surface area contributed by atoms with E-state index in [0.717, 1.165) is 26.3 Å². The topological polar surface area (TPSA) is 56.5 Å². The van der Waals surface area contributed by atoms with Crippen molar-refractivity contribution in [2.75, 3.05) is 12.9 Å². The highest BCUT2D eigenvalue weighted by atomic mass is 79.9. The molecule has 112 valence electrons. The van der Waals surface area contributed by atoms with Crippen molar-refractivity contribution >= 4 is 39.2 Å². The number of hydrogen-bond donors (Lipinski definition) is 0. The fourth-order valence-corrected chi connectivity index (χ4v) is 3.03. The molecule has 0 atom stereocenters. The first-order valence-electron chi connectivity index (χ1n) is 6.47. The smallest absolute Gasteiger partial charge is 0.316 e. The summed E-state index contributed by atoms with van der Waals surface area (Å²) in [7, 11) is 1.38. The second-order valence-electron chi connectivity index (χ2n) is 4.46. The van der Waals surface area contributed by atoms with Gasteiger partial charge in [0.1, 0.15) is 5.03 Å². The largest absolute Gasteiger partial charge is 0.468 e. The molecule has 0 bridgehead atoms. The minimum atomic E-state index is -0.276. The van der Waals surface area contributed by atoms with E-state index in [2.05, 4.69) is 30.7 Å². The molecule has 5 nitrogen and oxygen atoms in total. The summed E-state index contributed by atoms with van der Waals surface area (Å²) < 4.78 is 7.45. The lowest BCUT2D eigenvalue weighted by atomic mass is 10.1. The Hall–Kier alpha value is -1.86. The number of fused-ring (bicyclic) bond motifs is 1. The normalized spacial score (nSPS) is 10.8. The van der Waals surface area contributed by atoms with Crippen LogP contribution in [0.1, 0.15) is 0 Å². The third kappa shape index (κ3) is 3.15. The number of rotatable bonds is 4. The van der Waals surface area contributed by atoms with Crippen LogP contribution >= 0.6 is 27.7 Å². The number of thioether (sulfide) groups is 1. The summed E-state index contributed by atoms with van der Waals surface area (Å²) in [6.07, 6.45) is 3.46. The van der Waals surface area contributed by atoms with Crippen molar-refractivity contribution in [1.82, 2.24) is 14.6 Å². The molecule has 0 unspecified atom stereocenters. The summed E-state index contributed by atoms with van der Waals surface area (Å²) >= 11 is 4.76. The lowest BCUT2D eigenvalue weighted by Crippen LogP contribution is -2.03. The summed E-state index contributed by atoms with van der Waals surface area (Å²) in [4.78, 5) is 15.6. The molecule has 2 aromatic heterocycles. The first-order chi connectivity index (χ1) is 10.7. The average molecular weight is 378 g/mol. The van der Waals surface area contributed by atoms with Crippen LogP contribution in [0.2, 0.25) is 0 Å². The SMILES string of the molecule is COC(=O)CSc1nccn2nc(-c3ccc(Br)cc3)cc12. The molecule has 0 spiro atoms. The van der Waals surface area contributed by atoms with Crippen LogP contribution in [0.3, 0.4) is 0 Å². The van der Waals surface area contributed by atoms with Crippen molar-refractivity contribution in [2.24, 2.45) is 0 Å².